The molecule has 0 radical (unpaired) electrons. The van der Waals surface area contributed by atoms with Crippen LogP contribution >= 0.6 is 0 Å². The zero-order valence-electron chi connectivity index (χ0n) is 25.4. The van der Waals surface area contributed by atoms with Crippen LogP contribution in [-0.2, 0) is 0 Å². The Morgan fingerprint density at radius 3 is 1.26 bits per heavy atom. The molecule has 0 aliphatic carbocycles. The number of aromatic nitrogens is 3. The normalized spacial score (nSPS) is 11.2. The van der Waals surface area contributed by atoms with Gasteiger partial charge in [-0.15, -0.1) is 0 Å². The predicted molar refractivity (Wildman–Crippen MR) is 194 cm³/mol. The van der Waals surface area contributed by atoms with E-state index in [9.17, 15) is 0 Å². The zero-order chi connectivity index (χ0) is 31.0. The summed E-state index contributed by atoms with van der Waals surface area (Å²) >= 11 is 0. The average molecular weight is 593 g/mol. The van der Waals surface area contributed by atoms with Crippen molar-refractivity contribution < 1.29 is 0 Å². The van der Waals surface area contributed by atoms with Crippen molar-refractivity contribution in [1.29, 1.82) is 0 Å². The average Bonchev–Trinajstić information content (AvgIpc) is 3.86. The summed E-state index contributed by atoms with van der Waals surface area (Å²) < 4.78 is 6.62. The molecule has 0 saturated heterocycles. The van der Waals surface area contributed by atoms with Crippen LogP contribution in [0.1, 0.15) is 11.3 Å². The molecule has 46 heavy (non-hydrogen) atoms. The molecule has 0 fully saturated rings. The van der Waals surface area contributed by atoms with Crippen molar-refractivity contribution in [3.63, 3.8) is 0 Å². The Morgan fingerprint density at radius 2 is 0.826 bits per heavy atom. The van der Waals surface area contributed by atoms with Gasteiger partial charge in [-0.1, -0.05) is 55.6 Å². The number of nitrogens with zero attached hydrogens (tertiary/aromatic N) is 4. The van der Waals surface area contributed by atoms with Crippen molar-refractivity contribution in [3.8, 4) is 17.1 Å². The number of fused-ring (bicyclic) bond motifs is 2. The van der Waals surface area contributed by atoms with Gasteiger partial charge in [0.05, 0.1) is 16.7 Å². The van der Waals surface area contributed by atoms with Gasteiger partial charge in [0.15, 0.2) is 0 Å². The van der Waals surface area contributed by atoms with Crippen molar-refractivity contribution in [2.75, 3.05) is 4.90 Å². The van der Waals surface area contributed by atoms with Gasteiger partial charge in [0.2, 0.25) is 0 Å². The molecule has 3 aromatic heterocycles. The lowest BCUT2D eigenvalue weighted by Gasteiger charge is -2.26. The van der Waals surface area contributed by atoms with Crippen molar-refractivity contribution in [3.05, 3.63) is 183 Å². The van der Waals surface area contributed by atoms with Gasteiger partial charge in [0, 0.05) is 52.7 Å². The molecule has 220 valence electrons. The zero-order valence-corrected chi connectivity index (χ0v) is 25.4. The van der Waals surface area contributed by atoms with E-state index in [2.05, 4.69) is 190 Å². The van der Waals surface area contributed by atoms with Crippen molar-refractivity contribution in [2.24, 2.45) is 0 Å². The number of benzene rings is 5. The van der Waals surface area contributed by atoms with Crippen LogP contribution in [0, 0.1) is 0 Å². The number of hydrogen-bond donors (Lipinski definition) is 0. The Labute approximate surface area is 268 Å². The fourth-order valence-corrected chi connectivity index (χ4v) is 6.42. The molecule has 4 nitrogen and oxygen atoms in total. The van der Waals surface area contributed by atoms with Crippen LogP contribution in [0.5, 0.6) is 0 Å². The molecule has 0 aliphatic rings. The molecule has 0 spiro atoms. The molecule has 5 aromatic carbocycles. The summed E-state index contributed by atoms with van der Waals surface area (Å²) in [5.74, 6) is 0. The highest BCUT2D eigenvalue weighted by Gasteiger charge is 2.15. The molecular formula is C42H32N4. The Kier molecular flexibility index (Phi) is 6.73. The van der Waals surface area contributed by atoms with Gasteiger partial charge in [-0.2, -0.15) is 0 Å². The van der Waals surface area contributed by atoms with Crippen LogP contribution in [-0.4, -0.2) is 13.7 Å². The summed E-state index contributed by atoms with van der Waals surface area (Å²) in [6.45, 7) is 7.98. The quantitative estimate of drug-likeness (QED) is 0.172. The van der Waals surface area contributed by atoms with E-state index < -0.39 is 0 Å². The number of rotatable bonds is 8. The summed E-state index contributed by atoms with van der Waals surface area (Å²) in [6.07, 6.45) is 10.1. The fraction of sp³-hybridized carbons (Fsp3) is 0. The van der Waals surface area contributed by atoms with Crippen LogP contribution in [0.15, 0.2) is 171 Å². The van der Waals surface area contributed by atoms with Gasteiger partial charge in [-0.05, 0) is 126 Å². The summed E-state index contributed by atoms with van der Waals surface area (Å²) in [7, 11) is 0. The Bertz CT molecular complexity index is 2210. The molecule has 3 heterocycles. The molecule has 0 aliphatic heterocycles. The summed E-state index contributed by atoms with van der Waals surface area (Å²) in [5.41, 5.74) is 11.0. The molecule has 8 rings (SSSR count). The van der Waals surface area contributed by atoms with Gasteiger partial charge < -0.3 is 18.6 Å². The van der Waals surface area contributed by atoms with Gasteiger partial charge in [0.25, 0.3) is 0 Å². The van der Waals surface area contributed by atoms with Crippen LogP contribution in [0.3, 0.4) is 0 Å². The Balaban J connectivity index is 1.19. The fourth-order valence-electron chi connectivity index (χ4n) is 6.42. The van der Waals surface area contributed by atoms with E-state index in [1.165, 1.54) is 21.8 Å². The minimum atomic E-state index is 1.03. The van der Waals surface area contributed by atoms with Gasteiger partial charge in [-0.25, -0.2) is 0 Å². The molecule has 8 aromatic rings. The van der Waals surface area contributed by atoms with Crippen LogP contribution in [0.25, 0.3) is 51.0 Å². The van der Waals surface area contributed by atoms with Gasteiger partial charge in [0.1, 0.15) is 0 Å². The van der Waals surface area contributed by atoms with E-state index >= 15 is 0 Å². The van der Waals surface area contributed by atoms with E-state index in [-0.39, 0.29) is 0 Å². The monoisotopic (exact) mass is 592 g/mol. The smallest absolute Gasteiger partial charge is 0.0528 e. The van der Waals surface area contributed by atoms with E-state index in [1.54, 1.807) is 0 Å². The van der Waals surface area contributed by atoms with E-state index in [4.69, 9.17) is 0 Å². The first-order chi connectivity index (χ1) is 22.7. The maximum atomic E-state index is 4.03. The molecule has 0 unspecified atom stereocenters. The molecule has 0 atom stereocenters. The molecule has 0 amide bonds. The predicted octanol–water partition coefficient (Wildman–Crippen LogP) is 11.1. The van der Waals surface area contributed by atoms with Crippen molar-refractivity contribution >= 4 is 51.0 Å². The summed E-state index contributed by atoms with van der Waals surface area (Å²) in [5, 5.41) is 2.46. The largest absolute Gasteiger partial charge is 0.317 e. The van der Waals surface area contributed by atoms with E-state index in [1.807, 2.05) is 12.2 Å². The maximum absolute atomic E-state index is 4.03. The molecule has 4 heteroatoms. The highest BCUT2D eigenvalue weighted by Crippen LogP contribution is 2.37. The molecule has 0 bridgehead atoms. The topological polar surface area (TPSA) is 18.0 Å². The third kappa shape index (κ3) is 4.64. The highest BCUT2D eigenvalue weighted by atomic mass is 15.1. The van der Waals surface area contributed by atoms with E-state index in [0.29, 0.717) is 0 Å². The van der Waals surface area contributed by atoms with Crippen LogP contribution in [0.2, 0.25) is 0 Å². The Morgan fingerprint density at radius 1 is 0.413 bits per heavy atom. The van der Waals surface area contributed by atoms with Crippen molar-refractivity contribution in [2.45, 2.75) is 0 Å². The maximum Gasteiger partial charge on any atom is 0.0528 e. The van der Waals surface area contributed by atoms with E-state index in [0.717, 1.165) is 45.4 Å². The summed E-state index contributed by atoms with van der Waals surface area (Å²) in [6, 6.07) is 49.6. The van der Waals surface area contributed by atoms with Gasteiger partial charge in [-0.3, -0.25) is 0 Å². The van der Waals surface area contributed by atoms with Crippen LogP contribution in [0.4, 0.5) is 17.1 Å². The molecular weight excluding hydrogens is 560 g/mol. The second-order valence-electron chi connectivity index (χ2n) is 11.3. The molecule has 0 N–H and O–H groups in total. The highest BCUT2D eigenvalue weighted by molar-refractivity contribution is 5.84. The standard InChI is InChI=1S/C42H32N4/c1-3-31-25-28-43(40(31)4-2)34-13-19-37(20-14-34)46(38-21-15-35(16-22-38)44-29-26-32-9-5-7-11-41(32)44)39-23-17-36(18-24-39)45-30-27-33-10-6-8-12-42(33)45/h3-30H,1-2H2. The summed E-state index contributed by atoms with van der Waals surface area (Å²) in [4.78, 5) is 2.30. The first-order valence-electron chi connectivity index (χ1n) is 15.4. The van der Waals surface area contributed by atoms with Gasteiger partial charge >= 0.3 is 0 Å². The minimum Gasteiger partial charge on any atom is -0.317 e. The first kappa shape index (κ1) is 27.3. The second kappa shape index (κ2) is 11.3. The number of para-hydroxylation sites is 2. The third-order valence-electron chi connectivity index (χ3n) is 8.73. The lowest BCUT2D eigenvalue weighted by Crippen LogP contribution is -2.10. The third-order valence-corrected chi connectivity index (χ3v) is 8.73. The Hall–Kier alpha value is -6.26. The lowest BCUT2D eigenvalue weighted by atomic mass is 10.1. The van der Waals surface area contributed by atoms with Crippen molar-refractivity contribution in [1.82, 2.24) is 13.7 Å². The lowest BCUT2D eigenvalue weighted by molar-refractivity contribution is 1.06. The minimum absolute atomic E-state index is 1.03. The first-order valence-corrected chi connectivity index (χ1v) is 15.4. The second-order valence-corrected chi connectivity index (χ2v) is 11.3. The number of anilines is 3. The number of hydrogen-bond acceptors (Lipinski definition) is 1. The SMILES string of the molecule is C=Cc1ccn(-c2ccc(N(c3ccc(-n4ccc5ccccc54)cc3)c3ccc(-n4ccc5ccccc54)cc3)cc2)c1C=C. The van der Waals surface area contributed by atoms with Crippen LogP contribution < -0.4 is 4.90 Å². The molecule has 0 saturated carbocycles.